The lowest BCUT2D eigenvalue weighted by Crippen LogP contribution is -2.10. The number of hydrogen-bond acceptors (Lipinski definition) is 6. The number of esters is 1. The van der Waals surface area contributed by atoms with E-state index in [4.69, 9.17) is 13.9 Å². The highest BCUT2D eigenvalue weighted by atomic mass is 79.9. The zero-order valence-electron chi connectivity index (χ0n) is 13.6. The normalized spacial score (nSPS) is 11.8. The van der Waals surface area contributed by atoms with Crippen LogP contribution in [0.15, 0.2) is 57.4 Å². The lowest BCUT2D eigenvalue weighted by Gasteiger charge is -2.10. The molecule has 128 valence electrons. The molecule has 2 aromatic carbocycles. The summed E-state index contributed by atoms with van der Waals surface area (Å²) in [6.07, 6.45) is -0.667. The Balaban J connectivity index is 1.73. The number of nitrogens with zero attached hydrogens (tertiary/aromatic N) is 2. The number of carbonyl (C=O) groups is 1. The molecule has 0 spiro atoms. The van der Waals surface area contributed by atoms with E-state index in [1.54, 1.807) is 44.4 Å². The molecule has 0 aliphatic carbocycles. The topological polar surface area (TPSA) is 74.5 Å². The molecule has 0 amide bonds. The quantitative estimate of drug-likeness (QED) is 0.587. The third-order valence-electron chi connectivity index (χ3n) is 3.50. The zero-order chi connectivity index (χ0) is 17.8. The van der Waals surface area contributed by atoms with E-state index in [2.05, 4.69) is 26.1 Å². The van der Waals surface area contributed by atoms with Gasteiger partial charge in [0.25, 0.3) is 5.89 Å². The number of methoxy groups -OCH3 is 1. The fraction of sp³-hybridized carbons (Fsp3) is 0.167. The van der Waals surface area contributed by atoms with Crippen molar-refractivity contribution in [3.63, 3.8) is 0 Å². The molecule has 7 heteroatoms. The van der Waals surface area contributed by atoms with Crippen molar-refractivity contribution < 1.29 is 18.7 Å². The van der Waals surface area contributed by atoms with Crippen molar-refractivity contribution in [3.8, 4) is 17.2 Å². The summed E-state index contributed by atoms with van der Waals surface area (Å²) >= 11 is 3.33. The summed E-state index contributed by atoms with van der Waals surface area (Å²) < 4.78 is 16.8. The van der Waals surface area contributed by atoms with Crippen molar-refractivity contribution >= 4 is 21.9 Å². The fourth-order valence-corrected chi connectivity index (χ4v) is 2.60. The van der Waals surface area contributed by atoms with Crippen molar-refractivity contribution in [2.75, 3.05) is 7.11 Å². The molecule has 0 bridgehead atoms. The molecule has 0 saturated heterocycles. The number of carbonyl (C=O) groups excluding carboxylic acids is 1. The highest BCUT2D eigenvalue weighted by Gasteiger charge is 2.21. The Bertz CT molecular complexity index is 877. The van der Waals surface area contributed by atoms with Crippen LogP contribution < -0.4 is 4.74 Å². The van der Waals surface area contributed by atoms with Gasteiger partial charge in [-0.2, -0.15) is 0 Å². The average Bonchev–Trinajstić information content (AvgIpc) is 3.12. The van der Waals surface area contributed by atoms with Crippen LogP contribution in [0.3, 0.4) is 0 Å². The van der Waals surface area contributed by atoms with E-state index < -0.39 is 12.1 Å². The zero-order valence-corrected chi connectivity index (χ0v) is 15.2. The van der Waals surface area contributed by atoms with Crippen LogP contribution in [-0.4, -0.2) is 23.3 Å². The Kier molecular flexibility index (Phi) is 5.14. The van der Waals surface area contributed by atoms with Gasteiger partial charge < -0.3 is 13.9 Å². The molecule has 6 nitrogen and oxygen atoms in total. The molecule has 1 aromatic heterocycles. The van der Waals surface area contributed by atoms with Gasteiger partial charge in [0.05, 0.1) is 12.7 Å². The van der Waals surface area contributed by atoms with E-state index in [0.29, 0.717) is 15.9 Å². The second-order valence-corrected chi connectivity index (χ2v) is 6.06. The van der Waals surface area contributed by atoms with Gasteiger partial charge in [-0.25, -0.2) is 4.79 Å². The summed E-state index contributed by atoms with van der Waals surface area (Å²) in [5.41, 5.74) is 1.19. The van der Waals surface area contributed by atoms with E-state index in [0.717, 1.165) is 11.3 Å². The first-order valence-corrected chi connectivity index (χ1v) is 8.31. The first kappa shape index (κ1) is 17.2. The maximum absolute atomic E-state index is 12.2. The molecule has 0 fully saturated rings. The smallest absolute Gasteiger partial charge is 0.340 e. The minimum absolute atomic E-state index is 0.228. The van der Waals surface area contributed by atoms with E-state index in [-0.39, 0.29) is 5.89 Å². The van der Waals surface area contributed by atoms with Crippen LogP contribution >= 0.6 is 15.9 Å². The van der Waals surface area contributed by atoms with E-state index in [1.807, 2.05) is 18.2 Å². The molecule has 0 aliphatic heterocycles. The number of hydrogen-bond donors (Lipinski definition) is 0. The van der Waals surface area contributed by atoms with Crippen LogP contribution in [0.4, 0.5) is 0 Å². The van der Waals surface area contributed by atoms with Crippen molar-refractivity contribution in [2.45, 2.75) is 13.0 Å². The minimum Gasteiger partial charge on any atom is -0.497 e. The number of ether oxygens (including phenoxy) is 2. The summed E-state index contributed by atoms with van der Waals surface area (Å²) in [7, 11) is 1.60. The van der Waals surface area contributed by atoms with Crippen LogP contribution in [0, 0.1) is 0 Å². The van der Waals surface area contributed by atoms with Crippen LogP contribution in [0.2, 0.25) is 0 Å². The number of benzene rings is 2. The number of halogens is 1. The summed E-state index contributed by atoms with van der Waals surface area (Å²) in [4.78, 5) is 12.2. The van der Waals surface area contributed by atoms with Crippen molar-refractivity contribution in [3.05, 3.63) is 64.5 Å². The Hall–Kier alpha value is -2.67. The van der Waals surface area contributed by atoms with Gasteiger partial charge in [-0.3, -0.25) is 0 Å². The third kappa shape index (κ3) is 3.88. The van der Waals surface area contributed by atoms with Gasteiger partial charge in [0.2, 0.25) is 5.89 Å². The van der Waals surface area contributed by atoms with Gasteiger partial charge in [-0.05, 0) is 59.3 Å². The molecule has 0 radical (unpaired) electrons. The van der Waals surface area contributed by atoms with Crippen LogP contribution in [0.1, 0.15) is 29.3 Å². The highest BCUT2D eigenvalue weighted by molar-refractivity contribution is 9.10. The lowest BCUT2D eigenvalue weighted by molar-refractivity contribution is 0.0279. The van der Waals surface area contributed by atoms with Gasteiger partial charge in [0, 0.05) is 10.0 Å². The summed E-state index contributed by atoms with van der Waals surface area (Å²) in [6.45, 7) is 1.68. The molecule has 0 aliphatic rings. The van der Waals surface area contributed by atoms with Crippen molar-refractivity contribution in [1.82, 2.24) is 10.2 Å². The van der Waals surface area contributed by atoms with Gasteiger partial charge in [-0.1, -0.05) is 12.1 Å². The van der Waals surface area contributed by atoms with E-state index in [1.165, 1.54) is 0 Å². The SMILES string of the molecule is COc1ccc(-c2nnc([C@H](C)OC(=O)c3ccccc3Br)o2)cc1. The number of rotatable bonds is 5. The molecule has 1 atom stereocenters. The maximum Gasteiger partial charge on any atom is 0.340 e. The van der Waals surface area contributed by atoms with Crippen LogP contribution in [0.5, 0.6) is 5.75 Å². The molecular weight excluding hydrogens is 388 g/mol. The van der Waals surface area contributed by atoms with Crippen LogP contribution in [0.25, 0.3) is 11.5 Å². The van der Waals surface area contributed by atoms with Gasteiger partial charge in [0.1, 0.15) is 5.75 Å². The summed E-state index contributed by atoms with van der Waals surface area (Å²) in [5, 5.41) is 7.97. The standard InChI is InChI=1S/C18H15BrN2O4/c1-11(24-18(22)14-5-3-4-6-15(14)19)16-20-21-17(25-16)12-7-9-13(23-2)10-8-12/h3-11H,1-2H3/t11-/m0/s1. The molecule has 1 heterocycles. The maximum atomic E-state index is 12.2. The predicted molar refractivity (Wildman–Crippen MR) is 94.3 cm³/mol. The molecule has 0 unspecified atom stereocenters. The van der Waals surface area contributed by atoms with E-state index in [9.17, 15) is 4.79 Å². The summed E-state index contributed by atoms with van der Waals surface area (Å²) in [5.74, 6) is 0.844. The lowest BCUT2D eigenvalue weighted by atomic mass is 10.2. The Labute approximate surface area is 152 Å². The van der Waals surface area contributed by atoms with Gasteiger partial charge in [0.15, 0.2) is 6.10 Å². The van der Waals surface area contributed by atoms with Gasteiger partial charge in [-0.15, -0.1) is 10.2 Å². The second-order valence-electron chi connectivity index (χ2n) is 5.20. The van der Waals surface area contributed by atoms with E-state index >= 15 is 0 Å². The Morgan fingerprint density at radius 3 is 2.52 bits per heavy atom. The fourth-order valence-electron chi connectivity index (χ4n) is 2.15. The first-order chi connectivity index (χ1) is 12.1. The molecule has 0 N–H and O–H groups in total. The minimum atomic E-state index is -0.667. The van der Waals surface area contributed by atoms with Gasteiger partial charge >= 0.3 is 5.97 Å². The summed E-state index contributed by atoms with van der Waals surface area (Å²) in [6, 6.07) is 14.3. The second kappa shape index (κ2) is 7.48. The van der Waals surface area contributed by atoms with Crippen molar-refractivity contribution in [1.29, 1.82) is 0 Å². The molecule has 3 rings (SSSR count). The van der Waals surface area contributed by atoms with Crippen LogP contribution in [-0.2, 0) is 4.74 Å². The molecule has 25 heavy (non-hydrogen) atoms. The third-order valence-corrected chi connectivity index (χ3v) is 4.19. The molecule has 3 aromatic rings. The monoisotopic (exact) mass is 402 g/mol. The largest absolute Gasteiger partial charge is 0.497 e. The molecule has 0 saturated carbocycles. The first-order valence-electron chi connectivity index (χ1n) is 7.52. The van der Waals surface area contributed by atoms with Crippen molar-refractivity contribution in [2.24, 2.45) is 0 Å². The highest BCUT2D eigenvalue weighted by Crippen LogP contribution is 2.25. The Morgan fingerprint density at radius 1 is 1.12 bits per heavy atom. The predicted octanol–water partition coefficient (Wildman–Crippen LogP) is 4.43. The Morgan fingerprint density at radius 2 is 1.84 bits per heavy atom. The molecular formula is C18H15BrN2O4. The number of aromatic nitrogens is 2. The average molecular weight is 403 g/mol.